The summed E-state index contributed by atoms with van der Waals surface area (Å²) in [4.78, 5) is 62.6. The highest BCUT2D eigenvalue weighted by molar-refractivity contribution is 8.10. The summed E-state index contributed by atoms with van der Waals surface area (Å²) in [5.41, 5.74) is -2.14. The summed E-state index contributed by atoms with van der Waals surface area (Å²) >= 11 is 0. The molecule has 11 nitrogen and oxygen atoms in total. The molecule has 0 bridgehead atoms. The van der Waals surface area contributed by atoms with Gasteiger partial charge in [-0.1, -0.05) is 99.0 Å². The Bertz CT molecular complexity index is 1910. The van der Waals surface area contributed by atoms with Gasteiger partial charge in [-0.25, -0.2) is 9.00 Å². The molecule has 2 atom stereocenters. The van der Waals surface area contributed by atoms with Gasteiger partial charge in [-0.05, 0) is 78.1 Å². The fourth-order valence-electron chi connectivity index (χ4n) is 5.10. The zero-order valence-electron chi connectivity index (χ0n) is 32.3. The molecule has 3 aromatic carbocycles. The lowest BCUT2D eigenvalue weighted by Gasteiger charge is -2.39. The number of carbonyl (C=O) groups is 5. The van der Waals surface area contributed by atoms with Crippen molar-refractivity contribution in [2.75, 3.05) is 12.4 Å². The van der Waals surface area contributed by atoms with Crippen LogP contribution in [0.1, 0.15) is 83.3 Å². The van der Waals surface area contributed by atoms with Crippen molar-refractivity contribution in [1.29, 1.82) is 0 Å². The first-order chi connectivity index (χ1) is 24.9. The van der Waals surface area contributed by atoms with Gasteiger partial charge < -0.3 is 23.3 Å². The molecule has 2 N–H and O–H groups in total. The summed E-state index contributed by atoms with van der Waals surface area (Å²) in [6.45, 7) is 18.8. The molecule has 0 aliphatic rings. The molecule has 54 heavy (non-hydrogen) atoms. The Hall–Kier alpha value is -5.04. The van der Waals surface area contributed by atoms with Gasteiger partial charge in [0, 0.05) is 11.1 Å². The summed E-state index contributed by atoms with van der Waals surface area (Å²) in [6.07, 6.45) is 1.41. The van der Waals surface area contributed by atoms with Crippen LogP contribution >= 0.6 is 0 Å². The molecule has 0 radical (unpaired) electrons. The fourth-order valence-corrected chi connectivity index (χ4v) is 7.26. The zero-order chi connectivity index (χ0) is 41.1. The zero-order valence-corrected chi connectivity index (χ0v) is 33.1. The Kier molecular flexibility index (Phi) is 14.9. The van der Waals surface area contributed by atoms with Crippen molar-refractivity contribution in [3.8, 4) is 0 Å². The van der Waals surface area contributed by atoms with E-state index in [9.17, 15) is 37.3 Å². The third kappa shape index (κ3) is 11.2. The van der Waals surface area contributed by atoms with E-state index in [4.69, 9.17) is 14.2 Å². The molecule has 0 aromatic heterocycles. The maximum absolute atomic E-state index is 13.1. The minimum Gasteiger partial charge on any atom is -0.462 e. The van der Waals surface area contributed by atoms with Crippen molar-refractivity contribution in [3.05, 3.63) is 120 Å². The van der Waals surface area contributed by atoms with Crippen LogP contribution in [0.5, 0.6) is 0 Å². The highest BCUT2D eigenvalue weighted by atomic mass is 32.3. The van der Waals surface area contributed by atoms with Gasteiger partial charge in [-0.3, -0.25) is 19.2 Å². The first-order valence-electron chi connectivity index (χ1n) is 17.3. The van der Waals surface area contributed by atoms with Crippen molar-refractivity contribution in [2.24, 2.45) is 10.8 Å². The van der Waals surface area contributed by atoms with Crippen molar-refractivity contribution < 1.29 is 51.5 Å². The van der Waals surface area contributed by atoms with E-state index >= 15 is 0 Å². The van der Waals surface area contributed by atoms with E-state index in [-0.39, 0.29) is 16.3 Å². The number of ether oxygens (including phenoxy) is 3. The standard InChI is InChI=1S/C23H26O3.C19H26O8S/c1-6-17-13-15-18(16-14-17)20(24)23(5,7-2)21(25)26-22(3,4)19-11-9-8-10-12-19;1-13(2)17(21)26-11-19(15(5)20,18(22)27-14(3)4)12-28(23,24,25)16-9-7-6-8-10-16/h6,8-16H,1,7H2,2-5H3;6-10,14H,1,11-12H2,2-5H3,(H2,23,24,25). The SMILES string of the molecule is C=C(C)C(=O)OCC(CS(=O)(O)(O)c1ccccc1)(C(C)=O)C(=O)OC(C)C.C=Cc1ccc(C(=O)C(C)(CC)C(=O)OC(C)(C)c2ccccc2)cc1. The van der Waals surface area contributed by atoms with Crippen LogP contribution in [0.4, 0.5) is 0 Å². The second-order valence-electron chi connectivity index (χ2n) is 14.0. The Balaban J connectivity index is 0.000000374. The van der Waals surface area contributed by atoms with Crippen LogP contribution < -0.4 is 0 Å². The number of Topliss-reactive ketones (excluding diaryl/α,β-unsaturated/α-hetero) is 2. The maximum Gasteiger partial charge on any atom is 0.333 e. The quantitative estimate of drug-likeness (QED) is 0.0478. The Morgan fingerprint density at radius 2 is 1.35 bits per heavy atom. The van der Waals surface area contributed by atoms with Crippen LogP contribution in [-0.2, 0) is 48.6 Å². The molecular weight excluding hydrogens is 713 g/mol. The van der Waals surface area contributed by atoms with Gasteiger partial charge in [-0.15, -0.1) is 0 Å². The normalized spacial score (nSPS) is 14.3. The van der Waals surface area contributed by atoms with Crippen LogP contribution in [-0.4, -0.2) is 61.3 Å². The van der Waals surface area contributed by atoms with E-state index in [0.717, 1.165) is 18.1 Å². The van der Waals surface area contributed by atoms with Crippen LogP contribution in [0.25, 0.3) is 6.08 Å². The van der Waals surface area contributed by atoms with Gasteiger partial charge in [0.05, 0.1) is 16.8 Å². The van der Waals surface area contributed by atoms with Crippen LogP contribution in [0.3, 0.4) is 0 Å². The third-order valence-corrected chi connectivity index (χ3v) is 11.0. The van der Waals surface area contributed by atoms with Crippen LogP contribution in [0, 0.1) is 10.8 Å². The lowest BCUT2D eigenvalue weighted by atomic mass is 9.79. The maximum atomic E-state index is 13.1. The van der Waals surface area contributed by atoms with Crippen LogP contribution in [0.2, 0.25) is 0 Å². The molecular formula is C42H52O11S. The highest BCUT2D eigenvalue weighted by Crippen LogP contribution is 2.38. The summed E-state index contributed by atoms with van der Waals surface area (Å²) in [5, 5.41) is 0. The van der Waals surface area contributed by atoms with E-state index in [1.807, 2.05) is 63.2 Å². The van der Waals surface area contributed by atoms with E-state index in [2.05, 4.69) is 13.2 Å². The van der Waals surface area contributed by atoms with E-state index in [0.29, 0.717) is 12.0 Å². The van der Waals surface area contributed by atoms with E-state index in [1.54, 1.807) is 31.2 Å². The largest absolute Gasteiger partial charge is 0.462 e. The number of ketones is 2. The summed E-state index contributed by atoms with van der Waals surface area (Å²) in [6, 6.07) is 23.4. The smallest absolute Gasteiger partial charge is 0.333 e. The van der Waals surface area contributed by atoms with Gasteiger partial charge in [0.15, 0.2) is 17.0 Å². The summed E-state index contributed by atoms with van der Waals surface area (Å²) in [7, 11) is -5.67. The average molecular weight is 765 g/mol. The number of esters is 3. The fraction of sp³-hybridized carbons (Fsp3) is 0.357. The molecule has 0 spiro atoms. The predicted molar refractivity (Wildman–Crippen MR) is 208 cm³/mol. The number of rotatable bonds is 16. The van der Waals surface area contributed by atoms with Gasteiger partial charge in [0.25, 0.3) is 0 Å². The lowest BCUT2D eigenvalue weighted by molar-refractivity contribution is -0.168. The second kappa shape index (κ2) is 17.9. The Morgan fingerprint density at radius 1 is 0.833 bits per heavy atom. The minimum absolute atomic E-state index is 0.00314. The van der Waals surface area contributed by atoms with Gasteiger partial charge in [0.2, 0.25) is 0 Å². The molecule has 292 valence electrons. The monoisotopic (exact) mass is 764 g/mol. The molecule has 0 heterocycles. The summed E-state index contributed by atoms with van der Waals surface area (Å²) < 4.78 is 50.1. The Morgan fingerprint density at radius 3 is 1.80 bits per heavy atom. The number of carbonyl (C=O) groups excluding carboxylic acids is 5. The third-order valence-electron chi connectivity index (χ3n) is 8.81. The topological polar surface area (TPSA) is 171 Å². The molecule has 0 aliphatic heterocycles. The van der Waals surface area contributed by atoms with Crippen molar-refractivity contribution >= 4 is 45.2 Å². The van der Waals surface area contributed by atoms with Gasteiger partial charge in [-0.2, -0.15) is 0 Å². The van der Waals surface area contributed by atoms with Gasteiger partial charge >= 0.3 is 17.9 Å². The van der Waals surface area contributed by atoms with E-state index in [1.165, 1.54) is 45.0 Å². The molecule has 12 heteroatoms. The average Bonchev–Trinajstić information content (AvgIpc) is 3.12. The molecule has 2 unspecified atom stereocenters. The minimum atomic E-state index is -5.67. The van der Waals surface area contributed by atoms with Crippen molar-refractivity contribution in [1.82, 2.24) is 0 Å². The first kappa shape index (κ1) is 45.1. The molecule has 3 rings (SSSR count). The molecule has 0 fully saturated rings. The highest BCUT2D eigenvalue weighted by Gasteiger charge is 2.55. The van der Waals surface area contributed by atoms with Crippen LogP contribution in [0.15, 0.2) is 109 Å². The second-order valence-corrected chi connectivity index (χ2v) is 16.8. The van der Waals surface area contributed by atoms with Crippen molar-refractivity contribution in [3.63, 3.8) is 0 Å². The number of benzene rings is 3. The number of hydrogen-bond acceptors (Lipinski definition) is 9. The molecule has 0 saturated carbocycles. The molecule has 0 saturated heterocycles. The Labute approximate surface area is 317 Å². The number of hydrogen-bond donors (Lipinski definition) is 2. The summed E-state index contributed by atoms with van der Waals surface area (Å²) in [5.74, 6) is -4.94. The molecule has 3 aromatic rings. The lowest BCUT2D eigenvalue weighted by Crippen LogP contribution is -2.55. The molecule has 0 amide bonds. The first-order valence-corrected chi connectivity index (χ1v) is 19.3. The van der Waals surface area contributed by atoms with Gasteiger partial charge in [0.1, 0.15) is 27.3 Å². The van der Waals surface area contributed by atoms with E-state index < -0.39 is 68.2 Å². The predicted octanol–water partition coefficient (Wildman–Crippen LogP) is 7.87. The molecule has 0 aliphatic carbocycles. The van der Waals surface area contributed by atoms with Crippen molar-refractivity contribution in [2.45, 2.75) is 78.4 Å².